The summed E-state index contributed by atoms with van der Waals surface area (Å²) in [4.78, 5) is 33.4. The lowest BCUT2D eigenvalue weighted by Gasteiger charge is -2.42. The van der Waals surface area contributed by atoms with Gasteiger partial charge in [-0.1, -0.05) is 54.6 Å². The third-order valence-electron chi connectivity index (χ3n) is 8.71. The molecule has 7 heteroatoms. The van der Waals surface area contributed by atoms with Crippen molar-refractivity contribution >= 4 is 11.9 Å². The molecule has 3 heterocycles. The Morgan fingerprint density at radius 3 is 2.26 bits per heavy atom. The Kier molecular flexibility index (Phi) is 5.87. The number of nitrogens with one attached hydrogen (secondary N) is 2. The Labute approximate surface area is 207 Å². The number of carbonyl (C=O) groups is 2. The van der Waals surface area contributed by atoms with Gasteiger partial charge in [0.15, 0.2) is 0 Å². The molecule has 0 saturated carbocycles. The molecule has 1 aliphatic carbocycles. The Hall–Kier alpha value is -2.74. The number of hydrogen-bond donors (Lipinski definition) is 2. The zero-order chi connectivity index (χ0) is 24.0. The van der Waals surface area contributed by atoms with Gasteiger partial charge in [0.25, 0.3) is 5.91 Å². The average molecular weight is 474 g/mol. The van der Waals surface area contributed by atoms with Gasteiger partial charge in [0, 0.05) is 44.7 Å². The topological polar surface area (TPSA) is 67.9 Å². The molecule has 3 fully saturated rings. The van der Waals surface area contributed by atoms with Gasteiger partial charge >= 0.3 is 6.03 Å². The summed E-state index contributed by atoms with van der Waals surface area (Å²) in [5.41, 5.74) is 9.95. The molecule has 6 rings (SSSR count). The molecule has 2 aromatic carbocycles. The molecular weight excluding hydrogens is 438 g/mol. The van der Waals surface area contributed by atoms with Gasteiger partial charge in [0.05, 0.1) is 6.04 Å². The largest absolute Gasteiger partial charge is 0.327 e. The Bertz CT molecular complexity index is 1070. The van der Waals surface area contributed by atoms with Crippen LogP contribution in [0.1, 0.15) is 42.5 Å². The molecule has 4 aliphatic rings. The van der Waals surface area contributed by atoms with Gasteiger partial charge in [-0.3, -0.25) is 15.1 Å². The number of benzene rings is 2. The fourth-order valence-electron chi connectivity index (χ4n) is 6.86. The summed E-state index contributed by atoms with van der Waals surface area (Å²) in [6.45, 7) is 6.17. The maximum Gasteiger partial charge on any atom is 0.327 e. The molecule has 0 radical (unpaired) electrons. The molecule has 3 amide bonds. The summed E-state index contributed by atoms with van der Waals surface area (Å²) in [5, 5.41) is 0. The van der Waals surface area contributed by atoms with Crippen molar-refractivity contribution in [1.82, 2.24) is 25.6 Å². The number of likely N-dealkylation sites (tertiary alicyclic amines) is 1. The summed E-state index contributed by atoms with van der Waals surface area (Å²) in [6.07, 6.45) is 2.97. The van der Waals surface area contributed by atoms with Crippen LogP contribution in [0, 0.1) is 5.92 Å². The van der Waals surface area contributed by atoms with E-state index in [4.69, 9.17) is 0 Å². The van der Waals surface area contributed by atoms with E-state index in [1.54, 1.807) is 4.90 Å². The van der Waals surface area contributed by atoms with Crippen LogP contribution in [0.5, 0.6) is 0 Å². The van der Waals surface area contributed by atoms with Crippen molar-refractivity contribution in [1.29, 1.82) is 0 Å². The second-order valence-electron chi connectivity index (χ2n) is 10.5. The number of hydrogen-bond acceptors (Lipinski definition) is 5. The molecule has 2 N–H and O–H groups in total. The minimum atomic E-state index is -0.678. The Morgan fingerprint density at radius 2 is 1.60 bits per heavy atom. The summed E-state index contributed by atoms with van der Waals surface area (Å²) in [6, 6.07) is 19.1. The Balaban J connectivity index is 1.14. The van der Waals surface area contributed by atoms with Gasteiger partial charge in [-0.2, -0.15) is 0 Å². The number of carbonyl (C=O) groups excluding carboxylic acids is 2. The third kappa shape index (κ3) is 3.77. The highest BCUT2D eigenvalue weighted by molar-refractivity contribution is 6.07. The first kappa shape index (κ1) is 22.7. The normalized spacial score (nSPS) is 26.8. The molecule has 2 aromatic rings. The maximum absolute atomic E-state index is 13.9. The van der Waals surface area contributed by atoms with Crippen LogP contribution in [0.4, 0.5) is 4.79 Å². The summed E-state index contributed by atoms with van der Waals surface area (Å²) in [7, 11) is 0. The molecule has 1 spiro atoms. The number of fused-ring (bicyclic) bond motifs is 1. The van der Waals surface area contributed by atoms with E-state index >= 15 is 0 Å². The zero-order valence-corrected chi connectivity index (χ0v) is 20.5. The number of hydrazine groups is 1. The third-order valence-corrected chi connectivity index (χ3v) is 8.71. The molecule has 7 nitrogen and oxygen atoms in total. The Morgan fingerprint density at radius 1 is 0.943 bits per heavy atom. The zero-order valence-electron chi connectivity index (χ0n) is 20.5. The predicted octanol–water partition coefficient (Wildman–Crippen LogP) is 2.74. The van der Waals surface area contributed by atoms with E-state index in [2.05, 4.69) is 58.2 Å². The average Bonchev–Trinajstić information content (AvgIpc) is 3.57. The van der Waals surface area contributed by atoms with Crippen LogP contribution in [0.2, 0.25) is 0 Å². The fourth-order valence-corrected chi connectivity index (χ4v) is 6.86. The van der Waals surface area contributed by atoms with Crippen LogP contribution >= 0.6 is 0 Å². The maximum atomic E-state index is 13.9. The molecular formula is C28H35N5O2. The van der Waals surface area contributed by atoms with Gasteiger partial charge in [-0.25, -0.2) is 10.2 Å². The van der Waals surface area contributed by atoms with E-state index in [1.807, 2.05) is 24.0 Å². The van der Waals surface area contributed by atoms with Crippen LogP contribution in [0.3, 0.4) is 0 Å². The van der Waals surface area contributed by atoms with Crippen molar-refractivity contribution in [2.75, 3.05) is 32.7 Å². The number of piperidine rings is 1. The molecule has 35 heavy (non-hydrogen) atoms. The molecule has 2 atom stereocenters. The monoisotopic (exact) mass is 473 g/mol. The second-order valence-corrected chi connectivity index (χ2v) is 10.5. The fraction of sp³-hybridized carbons (Fsp3) is 0.500. The quantitative estimate of drug-likeness (QED) is 0.654. The lowest BCUT2D eigenvalue weighted by molar-refractivity contribution is -0.137. The van der Waals surface area contributed by atoms with Crippen molar-refractivity contribution < 1.29 is 9.59 Å². The highest BCUT2D eigenvalue weighted by Gasteiger charge is 2.59. The first-order chi connectivity index (χ1) is 17.1. The van der Waals surface area contributed by atoms with E-state index in [0.29, 0.717) is 25.3 Å². The molecule has 0 aromatic heterocycles. The van der Waals surface area contributed by atoms with Crippen molar-refractivity contribution in [3.8, 4) is 0 Å². The highest BCUT2D eigenvalue weighted by Crippen LogP contribution is 2.40. The van der Waals surface area contributed by atoms with E-state index in [0.717, 1.165) is 39.0 Å². The number of imide groups is 1. The van der Waals surface area contributed by atoms with Crippen LogP contribution in [-0.2, 0) is 17.6 Å². The van der Waals surface area contributed by atoms with Gasteiger partial charge in [-0.05, 0) is 49.3 Å². The minimum Gasteiger partial charge on any atom is -0.310 e. The van der Waals surface area contributed by atoms with Crippen LogP contribution in [0.15, 0.2) is 54.6 Å². The summed E-state index contributed by atoms with van der Waals surface area (Å²) < 4.78 is 0. The highest BCUT2D eigenvalue weighted by atomic mass is 16.2. The molecule has 2 unspecified atom stereocenters. The van der Waals surface area contributed by atoms with Crippen molar-refractivity contribution in [2.24, 2.45) is 5.92 Å². The van der Waals surface area contributed by atoms with E-state index < -0.39 is 5.54 Å². The van der Waals surface area contributed by atoms with Crippen molar-refractivity contribution in [3.63, 3.8) is 0 Å². The SMILES string of the molecule is CCN1C(=O)N(C2Cc3ccccc3C2)C(=O)C12CCN(CC1CNNC1c1ccccc1)CC2. The van der Waals surface area contributed by atoms with Gasteiger partial charge in [0.1, 0.15) is 5.54 Å². The van der Waals surface area contributed by atoms with E-state index in [1.165, 1.54) is 16.7 Å². The van der Waals surface area contributed by atoms with Gasteiger partial charge in [0.2, 0.25) is 0 Å². The first-order valence-electron chi connectivity index (χ1n) is 13.1. The number of rotatable bonds is 5. The van der Waals surface area contributed by atoms with Crippen molar-refractivity contribution in [3.05, 3.63) is 71.3 Å². The summed E-state index contributed by atoms with van der Waals surface area (Å²) in [5.74, 6) is 0.497. The van der Waals surface area contributed by atoms with Gasteiger partial charge in [-0.15, -0.1) is 0 Å². The molecule has 0 bridgehead atoms. The van der Waals surface area contributed by atoms with E-state index in [9.17, 15) is 9.59 Å². The van der Waals surface area contributed by atoms with Crippen molar-refractivity contribution in [2.45, 2.75) is 50.2 Å². The van der Waals surface area contributed by atoms with E-state index in [-0.39, 0.29) is 24.0 Å². The number of likely N-dealkylation sites (N-methyl/N-ethyl adjacent to an activating group) is 1. The standard InChI is InChI=1S/C28H35N5O2/c1-2-32-27(35)33(24-16-21-10-6-7-11-22(21)17-24)26(34)28(32)12-14-31(15-13-28)19-23-18-29-30-25(23)20-8-4-3-5-9-20/h3-11,23-25,29-30H,2,12-19H2,1H3. The van der Waals surface area contributed by atoms with Crippen LogP contribution < -0.4 is 10.9 Å². The van der Waals surface area contributed by atoms with Gasteiger partial charge < -0.3 is 9.80 Å². The molecule has 184 valence electrons. The number of urea groups is 1. The predicted molar refractivity (Wildman–Crippen MR) is 134 cm³/mol. The second kappa shape index (κ2) is 9.04. The summed E-state index contributed by atoms with van der Waals surface area (Å²) >= 11 is 0. The minimum absolute atomic E-state index is 0.0353. The molecule has 3 aliphatic heterocycles. The first-order valence-corrected chi connectivity index (χ1v) is 13.1. The number of amides is 3. The number of nitrogens with zero attached hydrogens (tertiary/aromatic N) is 3. The lowest BCUT2D eigenvalue weighted by atomic mass is 9.84. The van der Waals surface area contributed by atoms with Crippen LogP contribution in [-0.4, -0.2) is 70.9 Å². The molecule has 3 saturated heterocycles. The lowest BCUT2D eigenvalue weighted by Crippen LogP contribution is -2.57. The van der Waals surface area contributed by atoms with Crippen LogP contribution in [0.25, 0.3) is 0 Å². The smallest absolute Gasteiger partial charge is 0.310 e.